The summed E-state index contributed by atoms with van der Waals surface area (Å²) in [7, 11) is 0. The Bertz CT molecular complexity index is 988. The van der Waals surface area contributed by atoms with E-state index in [4.69, 9.17) is 20.9 Å². The molecule has 0 fully saturated rings. The molecule has 0 radical (unpaired) electrons. The van der Waals surface area contributed by atoms with Crippen molar-refractivity contribution >= 4 is 40.4 Å². The topological polar surface area (TPSA) is 76.8 Å². The van der Waals surface area contributed by atoms with Crippen LogP contribution in [0.5, 0.6) is 0 Å². The molecule has 1 aromatic heterocycles. The fourth-order valence-electron chi connectivity index (χ4n) is 2.54. The number of hydroxylamine groups is 2. The first-order valence-corrected chi connectivity index (χ1v) is 7.31. The molecule has 0 bridgehead atoms. The van der Waals surface area contributed by atoms with Crippen molar-refractivity contribution < 1.29 is 23.6 Å². The summed E-state index contributed by atoms with van der Waals surface area (Å²) in [5, 5.41) is 1.30. The van der Waals surface area contributed by atoms with Gasteiger partial charge in [0.05, 0.1) is 11.1 Å². The molecule has 0 atom stereocenters. The highest BCUT2D eigenvalue weighted by molar-refractivity contribution is 6.31. The second-order valence-electron chi connectivity index (χ2n) is 5.12. The number of amides is 2. The second-order valence-corrected chi connectivity index (χ2v) is 5.56. The number of carbonyl (C=O) groups excluding carboxylic acids is 3. The molecule has 1 aliphatic rings. The predicted octanol–water partition coefficient (Wildman–Crippen LogP) is 3.45. The molecule has 0 unspecified atom stereocenters. The molecule has 1 aliphatic heterocycles. The van der Waals surface area contributed by atoms with Crippen molar-refractivity contribution in [2.24, 2.45) is 0 Å². The van der Waals surface area contributed by atoms with Gasteiger partial charge in [-0.3, -0.25) is 9.59 Å². The molecule has 0 aliphatic carbocycles. The van der Waals surface area contributed by atoms with Gasteiger partial charge in [-0.25, -0.2) is 4.79 Å². The minimum absolute atomic E-state index is 0.0732. The smallest absolute Gasteiger partial charge is 0.367 e. The summed E-state index contributed by atoms with van der Waals surface area (Å²) < 4.78 is 5.26. The van der Waals surface area contributed by atoms with Crippen molar-refractivity contribution in [2.75, 3.05) is 0 Å². The summed E-state index contributed by atoms with van der Waals surface area (Å²) in [5.74, 6) is -2.25. The third-order valence-electron chi connectivity index (χ3n) is 3.69. The molecule has 6 nitrogen and oxygen atoms in total. The zero-order chi connectivity index (χ0) is 16.8. The summed E-state index contributed by atoms with van der Waals surface area (Å²) in [6, 6.07) is 11.0. The molecule has 118 valence electrons. The van der Waals surface area contributed by atoms with Crippen LogP contribution in [0.4, 0.5) is 0 Å². The number of hydrogen-bond donors (Lipinski definition) is 0. The van der Waals surface area contributed by atoms with E-state index in [0.717, 1.165) is 0 Å². The summed E-state index contributed by atoms with van der Waals surface area (Å²) in [6.45, 7) is 0. The lowest BCUT2D eigenvalue weighted by atomic mass is 10.1. The van der Waals surface area contributed by atoms with E-state index in [0.29, 0.717) is 21.1 Å². The zero-order valence-electron chi connectivity index (χ0n) is 12.0. The van der Waals surface area contributed by atoms with Crippen LogP contribution in [0.3, 0.4) is 0 Å². The third kappa shape index (κ3) is 2.08. The average Bonchev–Trinajstić information content (AvgIpc) is 3.10. The Kier molecular flexibility index (Phi) is 3.14. The van der Waals surface area contributed by atoms with Gasteiger partial charge in [0.25, 0.3) is 11.8 Å². The molecule has 0 N–H and O–H groups in total. The van der Waals surface area contributed by atoms with Crippen LogP contribution in [0.1, 0.15) is 31.1 Å². The molecular weight excluding hydrogens is 334 g/mol. The Morgan fingerprint density at radius 2 is 1.71 bits per heavy atom. The van der Waals surface area contributed by atoms with E-state index in [-0.39, 0.29) is 16.7 Å². The summed E-state index contributed by atoms with van der Waals surface area (Å²) in [4.78, 5) is 41.8. The number of furan rings is 1. The molecule has 2 aromatic carbocycles. The van der Waals surface area contributed by atoms with Crippen molar-refractivity contribution in [1.82, 2.24) is 5.06 Å². The van der Waals surface area contributed by atoms with Crippen LogP contribution in [-0.2, 0) is 4.84 Å². The molecular formula is C17H8ClNO5. The average molecular weight is 342 g/mol. The first-order valence-electron chi connectivity index (χ1n) is 6.93. The van der Waals surface area contributed by atoms with Gasteiger partial charge in [0, 0.05) is 10.4 Å². The van der Waals surface area contributed by atoms with Gasteiger partial charge in [0.15, 0.2) is 0 Å². The molecule has 4 rings (SSSR count). The number of carbonyl (C=O) groups is 3. The Morgan fingerprint density at radius 1 is 1.04 bits per heavy atom. The maximum absolute atomic E-state index is 12.4. The SMILES string of the molecule is O=C(ON1C(=O)c2ccccc2C1=O)c1coc2ccc(Cl)cc12. The lowest BCUT2D eigenvalue weighted by Crippen LogP contribution is -2.32. The van der Waals surface area contributed by atoms with Crippen molar-refractivity contribution in [2.45, 2.75) is 0 Å². The molecule has 2 amide bonds. The zero-order valence-corrected chi connectivity index (χ0v) is 12.7. The first-order chi connectivity index (χ1) is 11.6. The van der Waals surface area contributed by atoms with Crippen LogP contribution in [0, 0.1) is 0 Å². The van der Waals surface area contributed by atoms with Crippen LogP contribution >= 0.6 is 11.6 Å². The molecule has 0 spiro atoms. The summed E-state index contributed by atoms with van der Waals surface area (Å²) in [6.07, 6.45) is 1.20. The fourth-order valence-corrected chi connectivity index (χ4v) is 2.71. The monoisotopic (exact) mass is 341 g/mol. The highest BCUT2D eigenvalue weighted by Crippen LogP contribution is 2.27. The van der Waals surface area contributed by atoms with E-state index in [2.05, 4.69) is 0 Å². The number of rotatable bonds is 2. The minimum atomic E-state index is -0.884. The summed E-state index contributed by atoms with van der Waals surface area (Å²) in [5.41, 5.74) is 0.892. The van der Waals surface area contributed by atoms with E-state index in [1.54, 1.807) is 30.3 Å². The Balaban J connectivity index is 1.66. The van der Waals surface area contributed by atoms with E-state index >= 15 is 0 Å². The predicted molar refractivity (Wildman–Crippen MR) is 83.6 cm³/mol. The number of nitrogens with zero attached hydrogens (tertiary/aromatic N) is 1. The van der Waals surface area contributed by atoms with Gasteiger partial charge >= 0.3 is 5.97 Å². The lowest BCUT2D eigenvalue weighted by molar-refractivity contribution is -0.0583. The first kappa shape index (κ1) is 14.5. The van der Waals surface area contributed by atoms with Gasteiger partial charge < -0.3 is 9.25 Å². The highest BCUT2D eigenvalue weighted by atomic mass is 35.5. The van der Waals surface area contributed by atoms with Crippen molar-refractivity contribution in [3.05, 3.63) is 70.4 Å². The van der Waals surface area contributed by atoms with E-state index < -0.39 is 17.8 Å². The molecule has 0 saturated heterocycles. The van der Waals surface area contributed by atoms with Gasteiger partial charge in [0.1, 0.15) is 17.4 Å². The highest BCUT2D eigenvalue weighted by Gasteiger charge is 2.39. The van der Waals surface area contributed by atoms with Gasteiger partial charge in [-0.1, -0.05) is 28.8 Å². The molecule has 24 heavy (non-hydrogen) atoms. The van der Waals surface area contributed by atoms with Gasteiger partial charge in [0.2, 0.25) is 0 Å². The van der Waals surface area contributed by atoms with Gasteiger partial charge in [-0.05, 0) is 30.3 Å². The molecule has 0 saturated carbocycles. The van der Waals surface area contributed by atoms with Crippen LogP contribution < -0.4 is 0 Å². The van der Waals surface area contributed by atoms with Crippen molar-refractivity contribution in [3.63, 3.8) is 0 Å². The van der Waals surface area contributed by atoms with Gasteiger partial charge in [-0.15, -0.1) is 0 Å². The number of hydrogen-bond acceptors (Lipinski definition) is 5. The molecule has 3 aromatic rings. The van der Waals surface area contributed by atoms with Crippen molar-refractivity contribution in [3.8, 4) is 0 Å². The number of fused-ring (bicyclic) bond motifs is 2. The number of halogens is 1. The lowest BCUT2D eigenvalue weighted by Gasteiger charge is -2.11. The van der Waals surface area contributed by atoms with Crippen LogP contribution in [0.25, 0.3) is 11.0 Å². The standard InChI is InChI=1S/C17H8ClNO5/c18-9-5-6-14-12(7-9)13(8-23-14)17(22)24-19-15(20)10-3-1-2-4-11(10)16(19)21/h1-8H. The van der Waals surface area contributed by atoms with Crippen LogP contribution in [-0.4, -0.2) is 22.8 Å². The quantitative estimate of drug-likeness (QED) is 0.667. The molecule has 7 heteroatoms. The normalized spacial score (nSPS) is 13.5. The maximum atomic E-state index is 12.4. The van der Waals surface area contributed by atoms with Gasteiger partial charge in [-0.2, -0.15) is 0 Å². The van der Waals surface area contributed by atoms with Crippen LogP contribution in [0.2, 0.25) is 5.02 Å². The maximum Gasteiger partial charge on any atom is 0.367 e. The fraction of sp³-hybridized carbons (Fsp3) is 0. The number of imide groups is 1. The third-order valence-corrected chi connectivity index (χ3v) is 3.92. The largest absolute Gasteiger partial charge is 0.463 e. The van der Waals surface area contributed by atoms with E-state index in [9.17, 15) is 14.4 Å². The van der Waals surface area contributed by atoms with E-state index in [1.807, 2.05) is 0 Å². The van der Waals surface area contributed by atoms with E-state index in [1.165, 1.54) is 18.4 Å². The Morgan fingerprint density at radius 3 is 2.38 bits per heavy atom. The van der Waals surface area contributed by atoms with Crippen molar-refractivity contribution in [1.29, 1.82) is 0 Å². The Hall–Kier alpha value is -3.12. The second kappa shape index (κ2) is 5.21. The number of benzene rings is 2. The summed E-state index contributed by atoms with van der Waals surface area (Å²) >= 11 is 5.92. The molecule has 2 heterocycles. The minimum Gasteiger partial charge on any atom is -0.463 e. The van der Waals surface area contributed by atoms with Crippen LogP contribution in [0.15, 0.2) is 53.1 Å². The Labute approximate surface area is 140 Å².